The predicted octanol–water partition coefficient (Wildman–Crippen LogP) is 7.63. The van der Waals surface area contributed by atoms with Crippen LogP contribution in [-0.4, -0.2) is 15.4 Å². The summed E-state index contributed by atoms with van der Waals surface area (Å²) < 4.78 is 12.5. The van der Waals surface area contributed by atoms with Crippen LogP contribution in [0.2, 0.25) is 23.2 Å². The number of ether oxygens (including phenoxy) is 1. The monoisotopic (exact) mass is 408 g/mol. The lowest BCUT2D eigenvalue weighted by Crippen LogP contribution is -2.37. The summed E-state index contributed by atoms with van der Waals surface area (Å²) in [6.07, 6.45) is 2.75. The number of rotatable bonds is 10. The van der Waals surface area contributed by atoms with E-state index >= 15 is 0 Å². The van der Waals surface area contributed by atoms with Crippen molar-refractivity contribution in [2.45, 2.75) is 85.0 Å². The maximum absolute atomic E-state index is 6.87. The van der Waals surface area contributed by atoms with Crippen molar-refractivity contribution >= 4 is 19.9 Å². The second-order valence-corrected chi connectivity index (χ2v) is 13.3. The molecule has 0 saturated carbocycles. The Labute approximate surface area is 173 Å². The smallest absolute Gasteiger partial charge is 0.192 e. The van der Waals surface area contributed by atoms with Gasteiger partial charge in [0.1, 0.15) is 5.75 Å². The van der Waals surface area contributed by atoms with Crippen LogP contribution in [0.25, 0.3) is 0 Å². The van der Waals surface area contributed by atoms with E-state index in [1.807, 2.05) is 18.2 Å². The highest BCUT2D eigenvalue weighted by Gasteiger charge is 2.34. The van der Waals surface area contributed by atoms with E-state index in [9.17, 15) is 0 Å². The van der Waals surface area contributed by atoms with E-state index in [-0.39, 0.29) is 11.5 Å². The lowest BCUT2D eigenvalue weighted by atomic mass is 9.97. The van der Waals surface area contributed by atoms with E-state index in [0.717, 1.165) is 53.7 Å². The molecule has 0 aliphatic rings. The van der Waals surface area contributed by atoms with Gasteiger partial charge in [-0.15, -0.1) is 5.92 Å². The number of benzene rings is 1. The molecular weight excluding hydrogens is 372 g/mol. The van der Waals surface area contributed by atoms with Crippen LogP contribution in [0.1, 0.15) is 72.5 Å². The SMILES string of the molecule is CC[Si](CC)(CC)OC(CCCC#CC(C)(C)C)c1c(Cl)cccc1OC. The zero-order valence-electron chi connectivity index (χ0n) is 18.2. The third-order valence-electron chi connectivity index (χ3n) is 5.11. The summed E-state index contributed by atoms with van der Waals surface area (Å²) in [5.41, 5.74) is 1.05. The third-order valence-corrected chi connectivity index (χ3v) is 10.1. The zero-order valence-corrected chi connectivity index (χ0v) is 20.0. The molecule has 0 amide bonds. The first-order chi connectivity index (χ1) is 12.7. The van der Waals surface area contributed by atoms with Gasteiger partial charge in [-0.3, -0.25) is 0 Å². The van der Waals surface area contributed by atoms with Gasteiger partial charge in [0.15, 0.2) is 8.32 Å². The lowest BCUT2D eigenvalue weighted by molar-refractivity contribution is 0.173. The second kappa shape index (κ2) is 11.1. The first-order valence-corrected chi connectivity index (χ1v) is 13.1. The van der Waals surface area contributed by atoms with Gasteiger partial charge in [-0.2, -0.15) is 0 Å². The molecule has 0 saturated heterocycles. The Morgan fingerprint density at radius 3 is 2.26 bits per heavy atom. The van der Waals surface area contributed by atoms with Gasteiger partial charge in [-0.25, -0.2) is 0 Å². The summed E-state index contributed by atoms with van der Waals surface area (Å²) in [5, 5.41) is 0.728. The van der Waals surface area contributed by atoms with Crippen LogP contribution in [0, 0.1) is 17.3 Å². The molecule has 0 bridgehead atoms. The van der Waals surface area contributed by atoms with Crippen molar-refractivity contribution in [1.29, 1.82) is 0 Å². The summed E-state index contributed by atoms with van der Waals surface area (Å²) in [6, 6.07) is 9.19. The Balaban J connectivity index is 3.08. The summed E-state index contributed by atoms with van der Waals surface area (Å²) >= 11 is 6.59. The number of hydrogen-bond donors (Lipinski definition) is 0. The predicted molar refractivity (Wildman–Crippen MR) is 120 cm³/mol. The van der Waals surface area contributed by atoms with Gasteiger partial charge < -0.3 is 9.16 Å². The number of unbranched alkanes of at least 4 members (excludes halogenated alkanes) is 1. The highest BCUT2D eigenvalue weighted by molar-refractivity contribution is 6.73. The Morgan fingerprint density at radius 2 is 1.74 bits per heavy atom. The molecule has 152 valence electrons. The molecular formula is C23H37ClO2Si. The fourth-order valence-electron chi connectivity index (χ4n) is 3.28. The number of methoxy groups -OCH3 is 1. The van der Waals surface area contributed by atoms with Gasteiger partial charge in [0.25, 0.3) is 0 Å². The van der Waals surface area contributed by atoms with Gasteiger partial charge in [0.05, 0.1) is 18.2 Å². The van der Waals surface area contributed by atoms with Gasteiger partial charge in [-0.05, 0) is 63.9 Å². The Morgan fingerprint density at radius 1 is 1.11 bits per heavy atom. The first kappa shape index (κ1) is 24.1. The Hall–Kier alpha value is -0.953. The van der Waals surface area contributed by atoms with E-state index in [1.54, 1.807) is 7.11 Å². The van der Waals surface area contributed by atoms with Crippen LogP contribution in [0.15, 0.2) is 18.2 Å². The van der Waals surface area contributed by atoms with Crippen molar-refractivity contribution in [3.63, 3.8) is 0 Å². The molecule has 1 aromatic carbocycles. The highest BCUT2D eigenvalue weighted by Crippen LogP contribution is 2.40. The normalized spacial score (nSPS) is 13.0. The average molecular weight is 409 g/mol. The summed E-state index contributed by atoms with van der Waals surface area (Å²) in [7, 11) is -0.0709. The fraction of sp³-hybridized carbons (Fsp3) is 0.652. The van der Waals surface area contributed by atoms with Crippen LogP contribution < -0.4 is 4.74 Å². The topological polar surface area (TPSA) is 18.5 Å². The van der Waals surface area contributed by atoms with Gasteiger partial charge >= 0.3 is 0 Å². The largest absolute Gasteiger partial charge is 0.496 e. The molecule has 1 atom stereocenters. The molecule has 0 aliphatic carbocycles. The first-order valence-electron chi connectivity index (χ1n) is 10.2. The molecule has 1 aromatic rings. The minimum Gasteiger partial charge on any atom is -0.496 e. The molecule has 4 heteroatoms. The van der Waals surface area contributed by atoms with Crippen molar-refractivity contribution in [1.82, 2.24) is 0 Å². The van der Waals surface area contributed by atoms with Crippen molar-refractivity contribution < 1.29 is 9.16 Å². The van der Waals surface area contributed by atoms with E-state index < -0.39 is 8.32 Å². The summed E-state index contributed by atoms with van der Waals surface area (Å²) in [6.45, 7) is 13.2. The van der Waals surface area contributed by atoms with Crippen molar-refractivity contribution in [3.05, 3.63) is 28.8 Å². The van der Waals surface area contributed by atoms with Crippen LogP contribution in [0.5, 0.6) is 5.75 Å². The maximum atomic E-state index is 6.87. The molecule has 0 heterocycles. The van der Waals surface area contributed by atoms with Crippen LogP contribution in [-0.2, 0) is 4.43 Å². The van der Waals surface area contributed by atoms with Crippen LogP contribution in [0.4, 0.5) is 0 Å². The molecule has 0 fully saturated rings. The van der Waals surface area contributed by atoms with Gasteiger partial charge in [-0.1, -0.05) is 44.4 Å². The fourth-order valence-corrected chi connectivity index (χ4v) is 6.40. The van der Waals surface area contributed by atoms with Crippen molar-refractivity contribution in [2.75, 3.05) is 7.11 Å². The molecule has 27 heavy (non-hydrogen) atoms. The molecule has 0 aromatic heterocycles. The van der Waals surface area contributed by atoms with E-state index in [1.165, 1.54) is 0 Å². The summed E-state index contributed by atoms with van der Waals surface area (Å²) in [4.78, 5) is 0. The minimum atomic E-state index is -1.77. The minimum absolute atomic E-state index is 0.0309. The highest BCUT2D eigenvalue weighted by atomic mass is 35.5. The lowest BCUT2D eigenvalue weighted by Gasteiger charge is -2.34. The second-order valence-electron chi connectivity index (χ2n) is 8.15. The van der Waals surface area contributed by atoms with Crippen molar-refractivity contribution in [3.8, 4) is 17.6 Å². The molecule has 0 aliphatic heterocycles. The van der Waals surface area contributed by atoms with Gasteiger partial charge in [0.2, 0.25) is 0 Å². The molecule has 1 rings (SSSR count). The zero-order chi connectivity index (χ0) is 20.5. The van der Waals surface area contributed by atoms with Crippen molar-refractivity contribution in [2.24, 2.45) is 5.41 Å². The van der Waals surface area contributed by atoms with E-state index in [2.05, 4.69) is 53.4 Å². The third kappa shape index (κ3) is 7.53. The quantitative estimate of drug-likeness (QED) is 0.225. The molecule has 0 N–H and O–H groups in total. The Bertz CT molecular complexity index is 628. The number of halogens is 1. The molecule has 0 radical (unpaired) electrons. The van der Waals surface area contributed by atoms with E-state index in [0.29, 0.717) is 0 Å². The van der Waals surface area contributed by atoms with Gasteiger partial charge in [0, 0.05) is 17.4 Å². The molecule has 0 spiro atoms. The van der Waals surface area contributed by atoms with Crippen LogP contribution in [0.3, 0.4) is 0 Å². The molecule has 2 nitrogen and oxygen atoms in total. The standard InChI is InChI=1S/C23H37ClO2Si/c1-8-27(9-2,10-3)26-21(16-12-11-13-18-23(4,5)6)22-19(24)15-14-17-20(22)25-7/h14-15,17,21H,8-12,16H2,1-7H3. The average Bonchev–Trinajstić information content (AvgIpc) is 2.63. The molecule has 1 unspecified atom stereocenters. The van der Waals surface area contributed by atoms with E-state index in [4.69, 9.17) is 20.8 Å². The number of hydrogen-bond acceptors (Lipinski definition) is 2. The van der Waals surface area contributed by atoms with Crippen LogP contribution >= 0.6 is 11.6 Å². The summed E-state index contributed by atoms with van der Waals surface area (Å²) in [5.74, 6) is 7.46. The maximum Gasteiger partial charge on any atom is 0.192 e. The Kier molecular flexibility index (Phi) is 9.94.